The summed E-state index contributed by atoms with van der Waals surface area (Å²) in [7, 11) is 0. The predicted molar refractivity (Wildman–Crippen MR) is 67.0 cm³/mol. The molecule has 3 atom stereocenters. The number of halogens is 3. The molecule has 0 fully saturated rings. The molecule has 19 heavy (non-hydrogen) atoms. The monoisotopic (exact) mass is 273 g/mol. The van der Waals surface area contributed by atoms with E-state index in [1.807, 2.05) is 31.2 Å². The molecule has 0 heterocycles. The van der Waals surface area contributed by atoms with Gasteiger partial charge < -0.3 is 10.1 Å². The summed E-state index contributed by atoms with van der Waals surface area (Å²) in [5.74, 6) is 0. The van der Waals surface area contributed by atoms with Gasteiger partial charge in [-0.15, -0.1) is 0 Å². The van der Waals surface area contributed by atoms with Gasteiger partial charge in [0.1, 0.15) is 0 Å². The van der Waals surface area contributed by atoms with Crippen LogP contribution in [-0.2, 0) is 11.2 Å². The number of fused-ring (bicyclic) bond motifs is 1. The van der Waals surface area contributed by atoms with Crippen LogP contribution in [0.1, 0.15) is 31.0 Å². The highest BCUT2D eigenvalue weighted by Gasteiger charge is 2.42. The van der Waals surface area contributed by atoms with E-state index in [2.05, 4.69) is 5.32 Å². The standard InChI is InChI=1S/C14H18F3NO/c1-3-18-13-11-7-5-4-6-10(11)8-12(13)19-9(2)14(15,16)17/h4-7,9,12-13,18H,3,8H2,1-2H3. The van der Waals surface area contributed by atoms with Crippen molar-refractivity contribution in [2.45, 2.75) is 44.7 Å². The normalized spacial score (nSPS) is 24.3. The maximum atomic E-state index is 12.6. The molecule has 0 bridgehead atoms. The highest BCUT2D eigenvalue weighted by atomic mass is 19.4. The van der Waals surface area contributed by atoms with Gasteiger partial charge in [0.05, 0.1) is 12.1 Å². The van der Waals surface area contributed by atoms with E-state index in [0.717, 1.165) is 18.1 Å². The van der Waals surface area contributed by atoms with Crippen molar-refractivity contribution in [1.29, 1.82) is 0 Å². The molecule has 0 aromatic heterocycles. The first-order valence-corrected chi connectivity index (χ1v) is 6.46. The van der Waals surface area contributed by atoms with Crippen LogP contribution in [0.2, 0.25) is 0 Å². The summed E-state index contributed by atoms with van der Waals surface area (Å²) in [4.78, 5) is 0. The molecule has 1 aromatic rings. The molecule has 0 aliphatic heterocycles. The topological polar surface area (TPSA) is 21.3 Å². The van der Waals surface area contributed by atoms with Crippen LogP contribution in [0.3, 0.4) is 0 Å². The number of benzene rings is 1. The van der Waals surface area contributed by atoms with Gasteiger partial charge in [0.15, 0.2) is 6.10 Å². The minimum Gasteiger partial charge on any atom is -0.364 e. The average Bonchev–Trinajstić information content (AvgIpc) is 2.67. The molecule has 2 nitrogen and oxygen atoms in total. The zero-order valence-electron chi connectivity index (χ0n) is 11.0. The fourth-order valence-electron chi connectivity index (χ4n) is 2.49. The van der Waals surface area contributed by atoms with E-state index >= 15 is 0 Å². The van der Waals surface area contributed by atoms with Crippen LogP contribution < -0.4 is 5.32 Å². The Morgan fingerprint density at radius 1 is 1.37 bits per heavy atom. The van der Waals surface area contributed by atoms with Crippen molar-refractivity contribution in [2.75, 3.05) is 6.54 Å². The molecule has 1 aliphatic rings. The molecule has 0 saturated heterocycles. The Bertz CT molecular complexity index is 433. The van der Waals surface area contributed by atoms with Crippen LogP contribution >= 0.6 is 0 Å². The lowest BCUT2D eigenvalue weighted by Crippen LogP contribution is -2.38. The quantitative estimate of drug-likeness (QED) is 0.909. The number of likely N-dealkylation sites (N-methyl/N-ethyl adjacent to an activating group) is 1. The zero-order chi connectivity index (χ0) is 14.0. The smallest absolute Gasteiger partial charge is 0.364 e. The first-order valence-electron chi connectivity index (χ1n) is 6.46. The average molecular weight is 273 g/mol. The Kier molecular flexibility index (Phi) is 4.16. The summed E-state index contributed by atoms with van der Waals surface area (Å²) in [5, 5.41) is 3.22. The number of hydrogen-bond donors (Lipinski definition) is 1. The Hall–Kier alpha value is -1.07. The van der Waals surface area contributed by atoms with Gasteiger partial charge in [0, 0.05) is 6.42 Å². The fraction of sp³-hybridized carbons (Fsp3) is 0.571. The van der Waals surface area contributed by atoms with Gasteiger partial charge in [-0.3, -0.25) is 0 Å². The van der Waals surface area contributed by atoms with E-state index in [0.29, 0.717) is 13.0 Å². The summed E-state index contributed by atoms with van der Waals surface area (Å²) >= 11 is 0. The summed E-state index contributed by atoms with van der Waals surface area (Å²) < 4.78 is 43.0. The van der Waals surface area contributed by atoms with E-state index in [1.54, 1.807) is 0 Å². The number of alkyl halides is 3. The van der Waals surface area contributed by atoms with E-state index in [1.165, 1.54) is 0 Å². The zero-order valence-corrected chi connectivity index (χ0v) is 11.0. The number of rotatable bonds is 4. The van der Waals surface area contributed by atoms with E-state index in [9.17, 15) is 13.2 Å². The minimum atomic E-state index is -4.31. The molecule has 2 rings (SSSR count). The molecule has 5 heteroatoms. The third-order valence-corrected chi connectivity index (χ3v) is 3.45. The van der Waals surface area contributed by atoms with Gasteiger partial charge >= 0.3 is 6.18 Å². The van der Waals surface area contributed by atoms with Gasteiger partial charge in [-0.2, -0.15) is 13.2 Å². The van der Waals surface area contributed by atoms with Crippen LogP contribution in [0.15, 0.2) is 24.3 Å². The van der Waals surface area contributed by atoms with E-state index < -0.39 is 18.4 Å². The second-order valence-corrected chi connectivity index (χ2v) is 4.80. The number of hydrogen-bond acceptors (Lipinski definition) is 2. The molecule has 1 N–H and O–H groups in total. The Morgan fingerprint density at radius 2 is 2.05 bits per heavy atom. The van der Waals surface area contributed by atoms with Crippen LogP contribution in [0.5, 0.6) is 0 Å². The lowest BCUT2D eigenvalue weighted by molar-refractivity contribution is -0.228. The van der Waals surface area contributed by atoms with Crippen molar-refractivity contribution in [3.63, 3.8) is 0 Å². The van der Waals surface area contributed by atoms with Crippen molar-refractivity contribution >= 4 is 0 Å². The molecule has 106 valence electrons. The molecule has 1 aliphatic carbocycles. The second-order valence-electron chi connectivity index (χ2n) is 4.80. The Morgan fingerprint density at radius 3 is 2.68 bits per heavy atom. The first-order chi connectivity index (χ1) is 8.93. The Labute approximate surface area is 111 Å². The van der Waals surface area contributed by atoms with Crippen molar-refractivity contribution < 1.29 is 17.9 Å². The molecule has 1 aromatic carbocycles. The molecule has 0 amide bonds. The van der Waals surface area contributed by atoms with Gasteiger partial charge in [0.25, 0.3) is 0 Å². The number of ether oxygens (including phenoxy) is 1. The predicted octanol–water partition coefficient (Wildman–Crippen LogP) is 3.23. The lowest BCUT2D eigenvalue weighted by Gasteiger charge is -2.26. The van der Waals surface area contributed by atoms with Crippen molar-refractivity contribution in [1.82, 2.24) is 5.32 Å². The molecule has 0 radical (unpaired) electrons. The summed E-state index contributed by atoms with van der Waals surface area (Å²) in [5.41, 5.74) is 2.11. The van der Waals surface area contributed by atoms with Gasteiger partial charge in [-0.25, -0.2) is 0 Å². The van der Waals surface area contributed by atoms with Gasteiger partial charge in [-0.1, -0.05) is 31.2 Å². The van der Waals surface area contributed by atoms with Crippen LogP contribution in [-0.4, -0.2) is 24.9 Å². The maximum absolute atomic E-state index is 12.6. The van der Waals surface area contributed by atoms with Crippen LogP contribution in [0, 0.1) is 0 Å². The number of nitrogens with one attached hydrogen (secondary N) is 1. The van der Waals surface area contributed by atoms with Gasteiger partial charge in [0.2, 0.25) is 0 Å². The molecule has 0 saturated carbocycles. The highest BCUT2D eigenvalue weighted by Crippen LogP contribution is 2.35. The molecule has 3 unspecified atom stereocenters. The van der Waals surface area contributed by atoms with Crippen molar-refractivity contribution in [3.8, 4) is 0 Å². The van der Waals surface area contributed by atoms with Crippen molar-refractivity contribution in [2.24, 2.45) is 0 Å². The largest absolute Gasteiger partial charge is 0.414 e. The summed E-state index contributed by atoms with van der Waals surface area (Å²) in [6, 6.07) is 7.54. The Balaban J connectivity index is 2.14. The third kappa shape index (κ3) is 3.09. The lowest BCUT2D eigenvalue weighted by atomic mass is 10.1. The summed E-state index contributed by atoms with van der Waals surface area (Å²) in [6.45, 7) is 3.69. The fourth-order valence-corrected chi connectivity index (χ4v) is 2.49. The van der Waals surface area contributed by atoms with Gasteiger partial charge in [-0.05, 0) is 24.6 Å². The van der Waals surface area contributed by atoms with Crippen LogP contribution in [0.25, 0.3) is 0 Å². The second kappa shape index (κ2) is 5.51. The van der Waals surface area contributed by atoms with Crippen molar-refractivity contribution in [3.05, 3.63) is 35.4 Å². The van der Waals surface area contributed by atoms with E-state index in [4.69, 9.17) is 4.74 Å². The van der Waals surface area contributed by atoms with Crippen LogP contribution in [0.4, 0.5) is 13.2 Å². The van der Waals surface area contributed by atoms with E-state index in [-0.39, 0.29) is 6.04 Å². The first kappa shape index (κ1) is 14.3. The molecular weight excluding hydrogens is 255 g/mol. The highest BCUT2D eigenvalue weighted by molar-refractivity contribution is 5.36. The minimum absolute atomic E-state index is 0.161. The third-order valence-electron chi connectivity index (χ3n) is 3.45. The summed E-state index contributed by atoms with van der Waals surface area (Å²) in [6.07, 6.45) is -6.00. The molecular formula is C14H18F3NO. The maximum Gasteiger partial charge on any atom is 0.414 e. The SMILES string of the molecule is CCNC1c2ccccc2CC1OC(C)C(F)(F)F. The molecule has 0 spiro atoms.